The maximum atomic E-state index is 12.4. The highest BCUT2D eigenvalue weighted by molar-refractivity contribution is 7.99. The normalized spacial score (nSPS) is 10.8. The monoisotopic (exact) mass is 444 g/mol. The van der Waals surface area contributed by atoms with E-state index in [9.17, 15) is 8.78 Å². The predicted molar refractivity (Wildman–Crippen MR) is 123 cm³/mol. The molecule has 0 bridgehead atoms. The average Bonchev–Trinajstić information content (AvgIpc) is 2.74. The van der Waals surface area contributed by atoms with E-state index in [4.69, 9.17) is 17.0 Å². The number of thiocarbonyl (C=S) groups is 1. The van der Waals surface area contributed by atoms with Crippen molar-refractivity contribution in [1.29, 1.82) is 0 Å². The molecular formula is C23H22F2N2OS2. The van der Waals surface area contributed by atoms with E-state index in [1.54, 1.807) is 24.3 Å². The summed E-state index contributed by atoms with van der Waals surface area (Å²) in [5.74, 6) is -2.42. The van der Waals surface area contributed by atoms with Crippen molar-refractivity contribution in [3.05, 3.63) is 95.6 Å². The first-order chi connectivity index (χ1) is 14.6. The standard InChI is InChI=1S/C23H22F2N2OS2/c24-22(25)30-21-11-9-20(10-12-21)27-23(29)26-14-18-7-4-8-19(13-18)16-28-15-17-5-2-1-3-6-17/h1-13,22H,14-16H2,(H2,26,27,29). The number of ether oxygens (including phenoxy) is 1. The number of benzene rings is 3. The van der Waals surface area contributed by atoms with Gasteiger partial charge in [-0.2, -0.15) is 8.78 Å². The number of halogens is 2. The van der Waals surface area contributed by atoms with Crippen LogP contribution in [0.1, 0.15) is 16.7 Å². The summed E-state index contributed by atoms with van der Waals surface area (Å²) >= 11 is 5.84. The maximum Gasteiger partial charge on any atom is 0.288 e. The zero-order chi connectivity index (χ0) is 21.2. The van der Waals surface area contributed by atoms with Crippen molar-refractivity contribution in [1.82, 2.24) is 5.32 Å². The fraction of sp³-hybridized carbons (Fsp3) is 0.174. The zero-order valence-corrected chi connectivity index (χ0v) is 17.8. The van der Waals surface area contributed by atoms with Crippen LogP contribution in [0, 0.1) is 0 Å². The Hall–Kier alpha value is -2.48. The third-order valence-corrected chi connectivity index (χ3v) is 5.13. The van der Waals surface area contributed by atoms with Crippen molar-refractivity contribution in [2.75, 3.05) is 5.32 Å². The number of nitrogens with one attached hydrogen (secondary N) is 2. The molecule has 0 saturated heterocycles. The molecule has 0 aliphatic carbocycles. The van der Waals surface area contributed by atoms with Gasteiger partial charge in [-0.15, -0.1) is 0 Å². The summed E-state index contributed by atoms with van der Waals surface area (Å²) in [4.78, 5) is 0.515. The smallest absolute Gasteiger partial charge is 0.288 e. The number of thioether (sulfide) groups is 1. The second-order valence-electron chi connectivity index (χ2n) is 6.51. The number of alkyl halides is 2. The summed E-state index contributed by atoms with van der Waals surface area (Å²) in [5, 5.41) is 6.68. The summed E-state index contributed by atoms with van der Waals surface area (Å²) in [5.41, 5.74) is 4.07. The van der Waals surface area contributed by atoms with E-state index in [1.165, 1.54) is 0 Å². The molecule has 0 aliphatic heterocycles. The Kier molecular flexibility index (Phi) is 8.62. The molecule has 0 amide bonds. The molecule has 0 fully saturated rings. The van der Waals surface area contributed by atoms with Crippen LogP contribution in [-0.2, 0) is 24.5 Å². The Labute approximate surface area is 184 Å². The lowest BCUT2D eigenvalue weighted by molar-refractivity contribution is 0.107. The molecule has 0 radical (unpaired) electrons. The van der Waals surface area contributed by atoms with Crippen molar-refractivity contribution >= 4 is 34.8 Å². The molecule has 156 valence electrons. The van der Waals surface area contributed by atoms with E-state index in [2.05, 4.69) is 16.7 Å². The molecule has 0 saturated carbocycles. The minimum atomic E-state index is -2.42. The van der Waals surface area contributed by atoms with Crippen molar-refractivity contribution in [2.24, 2.45) is 0 Å². The lowest BCUT2D eigenvalue weighted by atomic mass is 10.1. The molecule has 2 N–H and O–H groups in total. The van der Waals surface area contributed by atoms with Gasteiger partial charge in [-0.3, -0.25) is 0 Å². The predicted octanol–water partition coefficient (Wildman–Crippen LogP) is 6.20. The van der Waals surface area contributed by atoms with Crippen LogP contribution < -0.4 is 10.6 Å². The van der Waals surface area contributed by atoms with Gasteiger partial charge in [-0.25, -0.2) is 0 Å². The molecule has 0 aliphatic rings. The number of hydrogen-bond acceptors (Lipinski definition) is 3. The summed E-state index contributed by atoms with van der Waals surface area (Å²) in [6, 6.07) is 24.9. The molecule has 0 aromatic heterocycles. The molecule has 7 heteroatoms. The maximum absolute atomic E-state index is 12.4. The largest absolute Gasteiger partial charge is 0.372 e. The molecule has 0 unspecified atom stereocenters. The van der Waals surface area contributed by atoms with Gasteiger partial charge >= 0.3 is 0 Å². The fourth-order valence-corrected chi connectivity index (χ4v) is 3.46. The molecule has 0 atom stereocenters. The Balaban J connectivity index is 1.43. The Morgan fingerprint density at radius 1 is 0.867 bits per heavy atom. The van der Waals surface area contributed by atoms with E-state index in [1.807, 2.05) is 48.5 Å². The SMILES string of the molecule is FC(F)Sc1ccc(NC(=S)NCc2cccc(COCc3ccccc3)c2)cc1. The quantitative estimate of drug-likeness (QED) is 0.303. The summed E-state index contributed by atoms with van der Waals surface area (Å²) in [6.45, 7) is 1.68. The van der Waals surface area contributed by atoms with Gasteiger partial charge in [0.05, 0.1) is 13.2 Å². The number of hydrogen-bond donors (Lipinski definition) is 2. The third kappa shape index (κ3) is 7.74. The van der Waals surface area contributed by atoms with Gasteiger partial charge in [0, 0.05) is 17.1 Å². The van der Waals surface area contributed by atoms with Gasteiger partial charge < -0.3 is 15.4 Å². The van der Waals surface area contributed by atoms with Gasteiger partial charge in [0.1, 0.15) is 0 Å². The highest BCUT2D eigenvalue weighted by atomic mass is 32.2. The van der Waals surface area contributed by atoms with Gasteiger partial charge in [-0.05, 0) is 53.2 Å². The summed E-state index contributed by atoms with van der Waals surface area (Å²) in [7, 11) is 0. The molecule has 3 nitrogen and oxygen atoms in total. The summed E-state index contributed by atoms with van der Waals surface area (Å²) in [6.07, 6.45) is 0. The molecule has 0 spiro atoms. The third-order valence-electron chi connectivity index (χ3n) is 4.16. The average molecular weight is 445 g/mol. The Morgan fingerprint density at radius 3 is 2.27 bits per heavy atom. The zero-order valence-electron chi connectivity index (χ0n) is 16.2. The van der Waals surface area contributed by atoms with Gasteiger partial charge in [-0.1, -0.05) is 66.4 Å². The first kappa shape index (κ1) is 22.2. The van der Waals surface area contributed by atoms with Crippen LogP contribution in [0.4, 0.5) is 14.5 Å². The van der Waals surface area contributed by atoms with Crippen LogP contribution in [0.2, 0.25) is 0 Å². The first-order valence-electron chi connectivity index (χ1n) is 9.38. The minimum absolute atomic E-state index is 0.468. The Bertz CT molecular complexity index is 937. The lowest BCUT2D eigenvalue weighted by Crippen LogP contribution is -2.27. The van der Waals surface area contributed by atoms with Crippen molar-refractivity contribution in [3.8, 4) is 0 Å². The Morgan fingerprint density at radius 2 is 1.53 bits per heavy atom. The van der Waals surface area contributed by atoms with E-state index < -0.39 is 5.76 Å². The van der Waals surface area contributed by atoms with Crippen molar-refractivity contribution in [2.45, 2.75) is 30.4 Å². The van der Waals surface area contributed by atoms with Gasteiger partial charge in [0.2, 0.25) is 0 Å². The van der Waals surface area contributed by atoms with E-state index in [0.29, 0.717) is 41.5 Å². The summed E-state index contributed by atoms with van der Waals surface area (Å²) < 4.78 is 30.5. The van der Waals surface area contributed by atoms with E-state index >= 15 is 0 Å². The van der Waals surface area contributed by atoms with Crippen LogP contribution >= 0.6 is 24.0 Å². The molecule has 3 rings (SSSR count). The second kappa shape index (κ2) is 11.6. The minimum Gasteiger partial charge on any atom is -0.372 e. The molecule has 3 aromatic rings. The fourth-order valence-electron chi connectivity index (χ4n) is 2.77. The molecule has 0 heterocycles. The van der Waals surface area contributed by atoms with Crippen molar-refractivity contribution < 1.29 is 13.5 Å². The van der Waals surface area contributed by atoms with Crippen LogP contribution in [0.5, 0.6) is 0 Å². The first-order valence-corrected chi connectivity index (χ1v) is 10.7. The van der Waals surface area contributed by atoms with Crippen molar-refractivity contribution in [3.63, 3.8) is 0 Å². The van der Waals surface area contributed by atoms with Crippen LogP contribution in [-0.4, -0.2) is 10.9 Å². The van der Waals surface area contributed by atoms with E-state index in [-0.39, 0.29) is 0 Å². The highest BCUT2D eigenvalue weighted by Crippen LogP contribution is 2.26. The van der Waals surface area contributed by atoms with Crippen LogP contribution in [0.15, 0.2) is 83.8 Å². The topological polar surface area (TPSA) is 33.3 Å². The van der Waals surface area contributed by atoms with Gasteiger partial charge in [0.15, 0.2) is 5.11 Å². The van der Waals surface area contributed by atoms with Crippen LogP contribution in [0.3, 0.4) is 0 Å². The molecular weight excluding hydrogens is 422 g/mol. The highest BCUT2D eigenvalue weighted by Gasteiger charge is 2.05. The van der Waals surface area contributed by atoms with Crippen LogP contribution in [0.25, 0.3) is 0 Å². The lowest BCUT2D eigenvalue weighted by Gasteiger charge is -2.12. The molecule has 3 aromatic carbocycles. The molecule has 30 heavy (non-hydrogen) atoms. The van der Waals surface area contributed by atoms with E-state index in [0.717, 1.165) is 22.4 Å². The number of anilines is 1. The number of rotatable bonds is 9. The van der Waals surface area contributed by atoms with Gasteiger partial charge in [0.25, 0.3) is 5.76 Å². The second-order valence-corrected chi connectivity index (χ2v) is 7.98.